The number of aromatic nitrogens is 1. The zero-order valence-electron chi connectivity index (χ0n) is 10.6. The molecule has 3 nitrogen and oxygen atoms in total. The number of thiazole rings is 1. The van der Waals surface area contributed by atoms with Crippen LogP contribution in [0, 0.1) is 0 Å². The smallest absolute Gasteiger partial charge is 0.0941 e. The maximum atomic E-state index is 5.55. The molecule has 0 amide bonds. The molecule has 2 atom stereocenters. The molecule has 17 heavy (non-hydrogen) atoms. The Labute approximate surface area is 112 Å². The molecule has 1 aromatic rings. The Balaban J connectivity index is 1.94. The third-order valence-electron chi connectivity index (χ3n) is 3.34. The van der Waals surface area contributed by atoms with Crippen LogP contribution in [0.4, 0.5) is 0 Å². The third kappa shape index (κ3) is 3.44. The first-order valence-electron chi connectivity index (χ1n) is 6.19. The van der Waals surface area contributed by atoms with Gasteiger partial charge in [0.1, 0.15) is 0 Å². The van der Waals surface area contributed by atoms with Crippen LogP contribution in [0.15, 0.2) is 5.38 Å². The summed E-state index contributed by atoms with van der Waals surface area (Å²) in [7, 11) is 0. The average Bonchev–Trinajstić information content (AvgIpc) is 2.73. The fourth-order valence-corrected chi connectivity index (χ4v) is 4.05. The summed E-state index contributed by atoms with van der Waals surface area (Å²) in [5.41, 5.74) is 6.76. The summed E-state index contributed by atoms with van der Waals surface area (Å²) >= 11 is 3.82. The number of rotatable bonds is 4. The van der Waals surface area contributed by atoms with Crippen molar-refractivity contribution in [3.05, 3.63) is 16.1 Å². The molecule has 1 aliphatic rings. The fraction of sp³-hybridized carbons (Fsp3) is 0.750. The van der Waals surface area contributed by atoms with E-state index < -0.39 is 0 Å². The lowest BCUT2D eigenvalue weighted by Crippen LogP contribution is -2.44. The van der Waals surface area contributed by atoms with E-state index in [4.69, 9.17) is 5.73 Å². The molecular formula is C12H21N3S2. The summed E-state index contributed by atoms with van der Waals surface area (Å²) in [6.45, 7) is 7.51. The Kier molecular flexibility index (Phi) is 4.85. The van der Waals surface area contributed by atoms with Crippen LogP contribution in [0.3, 0.4) is 0 Å². The van der Waals surface area contributed by atoms with Gasteiger partial charge >= 0.3 is 0 Å². The van der Waals surface area contributed by atoms with Crippen LogP contribution < -0.4 is 5.73 Å². The summed E-state index contributed by atoms with van der Waals surface area (Å²) in [6.07, 6.45) is 0.909. The highest BCUT2D eigenvalue weighted by molar-refractivity contribution is 8.00. The van der Waals surface area contributed by atoms with Crippen LogP contribution in [0.1, 0.15) is 24.5 Å². The van der Waals surface area contributed by atoms with Crippen molar-refractivity contribution >= 4 is 23.1 Å². The number of hydrogen-bond acceptors (Lipinski definition) is 5. The fourth-order valence-electron chi connectivity index (χ4n) is 2.09. The molecule has 0 aromatic carbocycles. The van der Waals surface area contributed by atoms with E-state index in [0.717, 1.165) is 18.2 Å². The van der Waals surface area contributed by atoms with Gasteiger partial charge in [-0.15, -0.1) is 11.3 Å². The van der Waals surface area contributed by atoms with Crippen molar-refractivity contribution in [1.82, 2.24) is 9.88 Å². The van der Waals surface area contributed by atoms with Crippen LogP contribution in [0.5, 0.6) is 0 Å². The zero-order valence-corrected chi connectivity index (χ0v) is 12.2. The average molecular weight is 271 g/mol. The molecule has 1 aromatic heterocycles. The van der Waals surface area contributed by atoms with E-state index in [-0.39, 0.29) is 0 Å². The van der Waals surface area contributed by atoms with E-state index in [2.05, 4.69) is 40.9 Å². The minimum atomic E-state index is 0.647. The molecule has 2 N–H and O–H groups in total. The molecule has 2 heterocycles. The number of hydrogen-bond donors (Lipinski definition) is 1. The highest BCUT2D eigenvalue weighted by Gasteiger charge is 2.25. The van der Waals surface area contributed by atoms with Gasteiger partial charge in [-0.05, 0) is 13.5 Å². The first kappa shape index (κ1) is 13.3. The Hall–Kier alpha value is -0.100. The molecule has 2 rings (SSSR count). The topological polar surface area (TPSA) is 42.1 Å². The first-order chi connectivity index (χ1) is 8.20. The molecule has 1 aliphatic heterocycles. The van der Waals surface area contributed by atoms with Gasteiger partial charge in [-0.3, -0.25) is 4.90 Å². The molecule has 5 heteroatoms. The molecule has 1 saturated heterocycles. The van der Waals surface area contributed by atoms with Crippen molar-refractivity contribution in [2.45, 2.75) is 38.1 Å². The van der Waals surface area contributed by atoms with Gasteiger partial charge in [0, 0.05) is 41.9 Å². The summed E-state index contributed by atoms with van der Waals surface area (Å²) in [4.78, 5) is 7.19. The van der Waals surface area contributed by atoms with Crippen LogP contribution in [-0.4, -0.2) is 40.0 Å². The minimum Gasteiger partial charge on any atom is -0.330 e. The maximum Gasteiger partial charge on any atom is 0.0941 e. The first-order valence-corrected chi connectivity index (χ1v) is 8.12. The van der Waals surface area contributed by atoms with Crippen LogP contribution in [0.2, 0.25) is 0 Å². The van der Waals surface area contributed by atoms with Crippen molar-refractivity contribution in [2.75, 3.05) is 18.8 Å². The van der Waals surface area contributed by atoms with Crippen molar-refractivity contribution in [2.24, 2.45) is 5.73 Å². The molecule has 0 saturated carbocycles. The highest BCUT2D eigenvalue weighted by atomic mass is 32.2. The Bertz CT molecular complexity index is 353. The second kappa shape index (κ2) is 6.18. The van der Waals surface area contributed by atoms with E-state index in [1.54, 1.807) is 11.3 Å². The molecule has 96 valence electrons. The monoisotopic (exact) mass is 271 g/mol. The lowest BCUT2D eigenvalue weighted by molar-refractivity contribution is 0.202. The van der Waals surface area contributed by atoms with Gasteiger partial charge in [-0.2, -0.15) is 11.8 Å². The maximum absolute atomic E-state index is 5.55. The summed E-state index contributed by atoms with van der Waals surface area (Å²) < 4.78 is 0. The van der Waals surface area contributed by atoms with Crippen molar-refractivity contribution < 1.29 is 0 Å². The van der Waals surface area contributed by atoms with Crippen LogP contribution >= 0.6 is 23.1 Å². The molecule has 0 bridgehead atoms. The molecule has 1 fully saturated rings. The van der Waals surface area contributed by atoms with Crippen LogP contribution in [-0.2, 0) is 13.0 Å². The van der Waals surface area contributed by atoms with E-state index in [1.165, 1.54) is 23.0 Å². The molecule has 0 aliphatic carbocycles. The number of thioether (sulfide) groups is 1. The Morgan fingerprint density at radius 3 is 3.12 bits per heavy atom. The quantitative estimate of drug-likeness (QED) is 0.909. The van der Waals surface area contributed by atoms with E-state index in [9.17, 15) is 0 Å². The summed E-state index contributed by atoms with van der Waals surface area (Å²) in [5.74, 6) is 1.24. The van der Waals surface area contributed by atoms with Gasteiger partial charge < -0.3 is 5.73 Å². The van der Waals surface area contributed by atoms with Gasteiger partial charge in [-0.25, -0.2) is 4.98 Å². The zero-order chi connectivity index (χ0) is 12.3. The van der Waals surface area contributed by atoms with Crippen molar-refractivity contribution in [3.63, 3.8) is 0 Å². The normalized spacial score (nSPS) is 26.3. The van der Waals surface area contributed by atoms with E-state index >= 15 is 0 Å². The SMILES string of the molecule is CC1SCCN(Cc2csc(CCN)n2)C1C. The Morgan fingerprint density at radius 2 is 2.35 bits per heavy atom. The van der Waals surface area contributed by atoms with Crippen molar-refractivity contribution in [1.29, 1.82) is 0 Å². The molecule has 0 spiro atoms. The lowest BCUT2D eigenvalue weighted by atomic mass is 10.2. The van der Waals surface area contributed by atoms with Crippen LogP contribution in [0.25, 0.3) is 0 Å². The van der Waals surface area contributed by atoms with Gasteiger partial charge in [0.15, 0.2) is 0 Å². The number of nitrogens with two attached hydrogens (primary N) is 1. The second-order valence-corrected chi connectivity index (χ2v) is 6.99. The highest BCUT2D eigenvalue weighted by Crippen LogP contribution is 2.25. The standard InChI is InChI=1S/C12H21N3S2/c1-9-10(2)16-6-5-15(9)7-11-8-17-12(14-11)3-4-13/h8-10H,3-7,13H2,1-2H3. The van der Waals surface area contributed by atoms with Gasteiger partial charge in [-0.1, -0.05) is 6.92 Å². The van der Waals surface area contributed by atoms with Gasteiger partial charge in [0.25, 0.3) is 0 Å². The summed E-state index contributed by atoms with van der Waals surface area (Å²) in [6, 6.07) is 0.647. The van der Waals surface area contributed by atoms with Crippen molar-refractivity contribution in [3.8, 4) is 0 Å². The van der Waals surface area contributed by atoms with Gasteiger partial charge in [0.05, 0.1) is 10.7 Å². The molecule has 2 unspecified atom stereocenters. The number of nitrogens with zero attached hydrogens (tertiary/aromatic N) is 2. The lowest BCUT2D eigenvalue weighted by Gasteiger charge is -2.37. The molecule has 0 radical (unpaired) electrons. The van der Waals surface area contributed by atoms with Gasteiger partial charge in [0.2, 0.25) is 0 Å². The summed E-state index contributed by atoms with van der Waals surface area (Å²) in [5, 5.41) is 4.09. The minimum absolute atomic E-state index is 0.647. The Morgan fingerprint density at radius 1 is 1.53 bits per heavy atom. The third-order valence-corrected chi connectivity index (χ3v) is 5.63. The predicted octanol–water partition coefficient (Wildman–Crippen LogP) is 1.97. The van der Waals surface area contributed by atoms with E-state index in [1.807, 2.05) is 0 Å². The largest absolute Gasteiger partial charge is 0.330 e. The second-order valence-electron chi connectivity index (χ2n) is 4.56. The predicted molar refractivity (Wildman–Crippen MR) is 76.7 cm³/mol. The van der Waals surface area contributed by atoms with E-state index in [0.29, 0.717) is 12.6 Å². The molecular weight excluding hydrogens is 250 g/mol.